The second-order valence-corrected chi connectivity index (χ2v) is 12.4. The van der Waals surface area contributed by atoms with E-state index in [2.05, 4.69) is 117 Å². The van der Waals surface area contributed by atoms with Gasteiger partial charge in [0.05, 0.1) is 16.9 Å². The molecule has 0 fully saturated rings. The summed E-state index contributed by atoms with van der Waals surface area (Å²) >= 11 is 0. The van der Waals surface area contributed by atoms with Gasteiger partial charge in [0.2, 0.25) is 0 Å². The average molecular weight is 816 g/mol. The van der Waals surface area contributed by atoms with Crippen LogP contribution in [0.4, 0.5) is 0 Å². The summed E-state index contributed by atoms with van der Waals surface area (Å²) in [6, 6.07) is 32.0. The van der Waals surface area contributed by atoms with Crippen LogP contribution in [0.5, 0.6) is 0 Å². The van der Waals surface area contributed by atoms with Crippen molar-refractivity contribution in [1.29, 1.82) is 0 Å². The summed E-state index contributed by atoms with van der Waals surface area (Å²) in [6.07, 6.45) is 6.67. The van der Waals surface area contributed by atoms with Crippen LogP contribution in [0.3, 0.4) is 0 Å². The van der Waals surface area contributed by atoms with Gasteiger partial charge in [0, 0.05) is 52.1 Å². The molecule has 0 spiro atoms. The van der Waals surface area contributed by atoms with E-state index < -0.39 is 13.7 Å². The number of nitrogens with zero attached hydrogens (tertiary/aromatic N) is 3. The van der Waals surface area contributed by atoms with Gasteiger partial charge in [-0.25, -0.2) is 0 Å². The van der Waals surface area contributed by atoms with Gasteiger partial charge >= 0.3 is 0 Å². The largest absolute Gasteiger partial charge is 0.557 e. The van der Waals surface area contributed by atoms with E-state index in [0.717, 1.165) is 46.2 Å². The first-order chi connectivity index (χ1) is 25.2. The molecule has 0 aliphatic heterocycles. The number of imidazole rings is 1. The van der Waals surface area contributed by atoms with Crippen molar-refractivity contribution in [3.8, 4) is 28.3 Å². The van der Waals surface area contributed by atoms with E-state index in [9.17, 15) is 0 Å². The van der Waals surface area contributed by atoms with E-state index >= 15 is 0 Å². The Morgan fingerprint density at radius 2 is 1.60 bits per heavy atom. The van der Waals surface area contributed by atoms with Gasteiger partial charge in [-0.15, -0.1) is 35.4 Å². The number of hydrogen-bond donors (Lipinski definition) is 0. The smallest absolute Gasteiger partial charge is 0.0774 e. The number of rotatable bonds is 7. The summed E-state index contributed by atoms with van der Waals surface area (Å²) in [4.78, 5) is 9.21. The van der Waals surface area contributed by atoms with Crippen LogP contribution >= 0.6 is 0 Å². The molecule has 0 aliphatic carbocycles. The number of aromatic nitrogens is 3. The first-order valence-corrected chi connectivity index (χ1v) is 16.2. The third-order valence-electron chi connectivity index (χ3n) is 8.32. The topological polar surface area (TPSA) is 43.9 Å². The molecule has 0 bridgehead atoms. The van der Waals surface area contributed by atoms with Crippen molar-refractivity contribution in [2.75, 3.05) is 0 Å². The zero-order chi connectivity index (χ0) is 38.1. The van der Waals surface area contributed by atoms with Crippen molar-refractivity contribution in [3.63, 3.8) is 0 Å². The summed E-state index contributed by atoms with van der Waals surface area (Å²) in [7, 11) is 0. The van der Waals surface area contributed by atoms with Gasteiger partial charge in [-0.2, -0.15) is 0 Å². The molecule has 7 rings (SSSR count). The van der Waals surface area contributed by atoms with Gasteiger partial charge in [0.25, 0.3) is 0 Å². The van der Waals surface area contributed by atoms with Gasteiger partial charge in [0.1, 0.15) is 0 Å². The maximum absolute atomic E-state index is 7.28. The summed E-state index contributed by atoms with van der Waals surface area (Å²) in [6.45, 7) is 6.92. The maximum atomic E-state index is 7.28. The predicted molar refractivity (Wildman–Crippen MR) is 195 cm³/mol. The van der Waals surface area contributed by atoms with E-state index in [0.29, 0.717) is 23.1 Å². The van der Waals surface area contributed by atoms with E-state index in [-0.39, 0.29) is 31.2 Å². The van der Waals surface area contributed by atoms with Crippen LogP contribution in [0, 0.1) is 26.0 Å². The monoisotopic (exact) mass is 816 g/mol. The Bertz CT molecular complexity index is 2260. The Morgan fingerprint density at radius 3 is 2.25 bits per heavy atom. The second-order valence-electron chi connectivity index (χ2n) is 12.4. The van der Waals surface area contributed by atoms with Crippen LogP contribution in [-0.4, -0.2) is 14.5 Å². The minimum Gasteiger partial charge on any atom is -0.557 e. The molecule has 1 radical (unpaired) electrons. The van der Waals surface area contributed by atoms with Crippen molar-refractivity contribution in [2.45, 2.75) is 73.0 Å². The van der Waals surface area contributed by atoms with Gasteiger partial charge < -0.3 is 14.0 Å². The van der Waals surface area contributed by atoms with Gasteiger partial charge in [-0.1, -0.05) is 125 Å². The maximum Gasteiger partial charge on any atom is 0.0774 e. The molecule has 48 heavy (non-hydrogen) atoms. The third-order valence-corrected chi connectivity index (χ3v) is 8.32. The van der Waals surface area contributed by atoms with E-state index in [1.54, 1.807) is 12.1 Å². The molecule has 3 heterocycles. The molecule has 5 heteroatoms. The number of pyridine rings is 1. The Morgan fingerprint density at radius 1 is 0.854 bits per heavy atom. The van der Waals surface area contributed by atoms with Gasteiger partial charge in [0.15, 0.2) is 0 Å². The Labute approximate surface area is 307 Å². The van der Waals surface area contributed by atoms with Crippen molar-refractivity contribution in [3.05, 3.63) is 137 Å². The van der Waals surface area contributed by atoms with Crippen molar-refractivity contribution in [2.24, 2.45) is 0 Å². The minimum absolute atomic E-state index is 0. The first kappa shape index (κ1) is 27.6. The van der Waals surface area contributed by atoms with Crippen molar-refractivity contribution < 1.29 is 32.7 Å². The van der Waals surface area contributed by atoms with Crippen LogP contribution in [0.2, 0.25) is 0 Å². The predicted octanol–water partition coefficient (Wildman–Crippen LogP) is 11.6. The summed E-state index contributed by atoms with van der Waals surface area (Å²) in [5.41, 5.74) is 10.6. The molecule has 7 aromatic rings. The Hall–Kier alpha value is -4.31. The number of furan rings is 1. The average Bonchev–Trinajstić information content (AvgIpc) is 3.72. The fourth-order valence-corrected chi connectivity index (χ4v) is 5.96. The normalized spacial score (nSPS) is 13.6. The molecule has 4 nitrogen and oxygen atoms in total. The van der Waals surface area contributed by atoms with Gasteiger partial charge in [-0.3, -0.25) is 4.98 Å². The quantitative estimate of drug-likeness (QED) is 0.151. The van der Waals surface area contributed by atoms with Crippen LogP contribution in [-0.2, 0) is 26.5 Å². The zero-order valence-electron chi connectivity index (χ0n) is 33.9. The third kappa shape index (κ3) is 7.23. The zero-order valence-corrected chi connectivity index (χ0v) is 30.3. The number of hydrogen-bond acceptors (Lipinski definition) is 3. The molecule has 0 atom stereocenters. The summed E-state index contributed by atoms with van der Waals surface area (Å²) < 4.78 is 51.9. The van der Waals surface area contributed by atoms with E-state index in [4.69, 9.17) is 17.6 Å². The van der Waals surface area contributed by atoms with Crippen LogP contribution < -0.4 is 0 Å². The van der Waals surface area contributed by atoms with Gasteiger partial charge in [-0.05, 0) is 59.6 Å². The second kappa shape index (κ2) is 15.3. The Kier molecular flexibility index (Phi) is 8.79. The fraction of sp³-hybridized carbons (Fsp3) is 0.256. The van der Waals surface area contributed by atoms with E-state index in [1.807, 2.05) is 0 Å². The van der Waals surface area contributed by atoms with Crippen molar-refractivity contribution in [1.82, 2.24) is 14.5 Å². The molecule has 0 aliphatic rings. The molecular formula is C43H43IrN3O-2. The van der Waals surface area contributed by atoms with Crippen molar-refractivity contribution >= 4 is 22.0 Å². The van der Waals surface area contributed by atoms with E-state index in [1.165, 1.54) is 46.8 Å². The molecule has 247 valence electrons. The molecule has 0 N–H and O–H groups in total. The van der Waals surface area contributed by atoms with Crippen LogP contribution in [0.25, 0.3) is 50.3 Å². The molecular weight excluding hydrogens is 767 g/mol. The van der Waals surface area contributed by atoms with Crippen LogP contribution in [0.15, 0.2) is 102 Å². The number of aryl methyl sites for hydroxylation is 3. The standard InChI is InChI=1S/C30H31N2O.C13H12N.Ir/c1-6-10-21-15-16-28-24(17-21)25(18-33-28)30-31-26-13-7-8-14-27(26)32(30)29-22(19(2)3)11-9-12-23(29)20(4)5;1-10-3-6-12(7-4-10)13-8-5-11(2)9-14-13;/h7-9,11-17,19-20H,6,10H2,1-5H3;3-6,8-9H,1-2H3;/q2*-1;/i;1D3,2D3;. The molecule has 4 aromatic carbocycles. The fourth-order valence-electron chi connectivity index (χ4n) is 5.96. The molecule has 0 saturated carbocycles. The SMILES string of the molecule is CCCc1ccc2o[c-]c(-c3nc4ccccc4n3-c3c(C(C)C)cccc3C(C)C)c2c1.[2H]C([2H])([2H])c1c[c-]c(-c2ccc(C([2H])([2H])[2H])cn2)cc1.[Ir]. The molecule has 0 saturated heterocycles. The molecule has 0 amide bonds. The molecule has 0 unspecified atom stereocenters. The summed E-state index contributed by atoms with van der Waals surface area (Å²) in [5.74, 6) is 1.65. The number of fused-ring (bicyclic) bond motifs is 2. The Balaban J connectivity index is 0.000000230. The van der Waals surface area contributed by atoms with Crippen LogP contribution in [0.1, 0.15) is 88.9 Å². The first-order valence-electron chi connectivity index (χ1n) is 19.2. The number of para-hydroxylation sites is 3. The molecule has 3 aromatic heterocycles. The minimum atomic E-state index is -2.18. The number of benzene rings is 4. The summed E-state index contributed by atoms with van der Waals surface area (Å²) in [5, 5.41) is 1.07.